The second-order valence-electron chi connectivity index (χ2n) is 2.29. The molecule has 0 amide bonds. The largest absolute Gasteiger partial charge is 0.234 e. The maximum absolute atomic E-state index is 13.0. The summed E-state index contributed by atoms with van der Waals surface area (Å²) in [4.78, 5) is 0. The van der Waals surface area contributed by atoms with Gasteiger partial charge in [-0.05, 0) is 22.6 Å². The van der Waals surface area contributed by atoms with E-state index in [0.717, 1.165) is 12.3 Å². The molecule has 0 fully saturated rings. The molecule has 5 heteroatoms. The molecule has 0 atom stereocenters. The zero-order chi connectivity index (χ0) is 8.72. The van der Waals surface area contributed by atoms with Crippen LogP contribution >= 0.6 is 22.6 Å². The molecule has 0 radical (unpaired) electrons. The fourth-order valence-corrected chi connectivity index (χ4v) is 1.64. The first-order chi connectivity index (χ1) is 5.68. The smallest absolute Gasteiger partial charge is 0.152 e. The van der Waals surface area contributed by atoms with Gasteiger partial charge in [0.15, 0.2) is 5.82 Å². The van der Waals surface area contributed by atoms with Crippen molar-refractivity contribution in [1.29, 1.82) is 0 Å². The van der Waals surface area contributed by atoms with Crippen molar-refractivity contribution < 1.29 is 8.78 Å². The Labute approximate surface area is 80.3 Å². The summed E-state index contributed by atoms with van der Waals surface area (Å²) in [6.07, 6.45) is 2.62. The molecule has 0 N–H and O–H groups in total. The summed E-state index contributed by atoms with van der Waals surface area (Å²) in [6, 6.07) is 0.846. The number of fused-ring (bicyclic) bond motifs is 1. The average Bonchev–Trinajstić information content (AvgIpc) is 2.31. The van der Waals surface area contributed by atoms with Crippen LogP contribution in [0.1, 0.15) is 0 Å². The molecule has 2 aromatic heterocycles. The van der Waals surface area contributed by atoms with Crippen LogP contribution in [0, 0.1) is 15.2 Å². The first kappa shape index (κ1) is 7.90. The topological polar surface area (TPSA) is 17.3 Å². The molecule has 2 rings (SSSR count). The average molecular weight is 280 g/mol. The highest BCUT2D eigenvalue weighted by Crippen LogP contribution is 2.17. The van der Waals surface area contributed by atoms with Crippen LogP contribution in [0.5, 0.6) is 0 Å². The highest BCUT2D eigenvalue weighted by Gasteiger charge is 2.08. The van der Waals surface area contributed by atoms with Gasteiger partial charge in [-0.3, -0.25) is 0 Å². The number of pyridine rings is 1. The van der Waals surface area contributed by atoms with Crippen LogP contribution < -0.4 is 0 Å². The van der Waals surface area contributed by atoms with E-state index < -0.39 is 11.6 Å². The van der Waals surface area contributed by atoms with Crippen LogP contribution in [0.25, 0.3) is 5.52 Å². The summed E-state index contributed by atoms with van der Waals surface area (Å²) >= 11 is 1.94. The molecule has 0 unspecified atom stereocenters. The number of hydrogen-bond acceptors (Lipinski definition) is 1. The Kier molecular flexibility index (Phi) is 1.75. The van der Waals surface area contributed by atoms with Crippen molar-refractivity contribution in [1.82, 2.24) is 9.61 Å². The van der Waals surface area contributed by atoms with Crippen molar-refractivity contribution in [3.05, 3.63) is 33.7 Å². The van der Waals surface area contributed by atoms with E-state index in [-0.39, 0.29) is 0 Å². The lowest BCUT2D eigenvalue weighted by atomic mass is 10.4. The minimum absolute atomic E-state index is 0.317. The van der Waals surface area contributed by atoms with Crippen LogP contribution in [-0.4, -0.2) is 9.61 Å². The number of hydrogen-bond donors (Lipinski definition) is 0. The van der Waals surface area contributed by atoms with Gasteiger partial charge < -0.3 is 0 Å². The lowest BCUT2D eigenvalue weighted by Crippen LogP contribution is -1.92. The third kappa shape index (κ3) is 1.08. The van der Waals surface area contributed by atoms with E-state index in [0.29, 0.717) is 9.09 Å². The molecule has 0 aliphatic carbocycles. The SMILES string of the molecule is Fc1cc(F)c2c(I)cnn2c1. The van der Waals surface area contributed by atoms with E-state index in [2.05, 4.69) is 5.10 Å². The number of aromatic nitrogens is 2. The van der Waals surface area contributed by atoms with E-state index in [1.807, 2.05) is 22.6 Å². The van der Waals surface area contributed by atoms with Gasteiger partial charge >= 0.3 is 0 Å². The lowest BCUT2D eigenvalue weighted by molar-refractivity contribution is 0.573. The van der Waals surface area contributed by atoms with E-state index in [9.17, 15) is 8.78 Å². The van der Waals surface area contributed by atoms with E-state index in [1.54, 1.807) is 0 Å². The molecule has 0 bridgehead atoms. The summed E-state index contributed by atoms with van der Waals surface area (Å²) in [5, 5.41) is 3.77. The highest BCUT2D eigenvalue weighted by atomic mass is 127. The minimum Gasteiger partial charge on any atom is -0.234 e. The first-order valence-corrected chi connectivity index (χ1v) is 4.24. The van der Waals surface area contributed by atoms with E-state index >= 15 is 0 Å². The van der Waals surface area contributed by atoms with Gasteiger partial charge in [0.2, 0.25) is 0 Å². The number of halogens is 3. The molecule has 0 aliphatic heterocycles. The maximum Gasteiger partial charge on any atom is 0.152 e. The molecular formula is C7H3F2IN2. The normalized spacial score (nSPS) is 10.9. The number of rotatable bonds is 0. The second-order valence-corrected chi connectivity index (χ2v) is 3.45. The van der Waals surface area contributed by atoms with Gasteiger partial charge in [0.1, 0.15) is 11.3 Å². The lowest BCUT2D eigenvalue weighted by Gasteiger charge is -1.95. The molecule has 0 spiro atoms. The van der Waals surface area contributed by atoms with Gasteiger partial charge in [0.25, 0.3) is 0 Å². The fraction of sp³-hybridized carbons (Fsp3) is 0. The van der Waals surface area contributed by atoms with Gasteiger partial charge in [-0.2, -0.15) is 5.10 Å². The zero-order valence-corrected chi connectivity index (χ0v) is 7.92. The third-order valence-corrected chi connectivity index (χ3v) is 2.28. The molecule has 2 aromatic rings. The van der Waals surface area contributed by atoms with E-state index in [4.69, 9.17) is 0 Å². The molecule has 0 saturated heterocycles. The molecule has 62 valence electrons. The monoisotopic (exact) mass is 280 g/mol. The Bertz CT molecular complexity index is 438. The standard InChI is InChI=1S/C7H3F2IN2/c8-4-1-5(9)7-6(10)2-11-12(7)3-4/h1-3H. The van der Waals surface area contributed by atoms with Gasteiger partial charge in [-0.25, -0.2) is 13.3 Å². The van der Waals surface area contributed by atoms with Gasteiger partial charge in [0.05, 0.1) is 16.0 Å². The second kappa shape index (κ2) is 2.65. The quantitative estimate of drug-likeness (QED) is 0.676. The van der Waals surface area contributed by atoms with Gasteiger partial charge in [0, 0.05) is 6.07 Å². The van der Waals surface area contributed by atoms with Crippen LogP contribution in [0.15, 0.2) is 18.5 Å². The Morgan fingerprint density at radius 1 is 1.42 bits per heavy atom. The maximum atomic E-state index is 13.0. The van der Waals surface area contributed by atoms with Crippen molar-refractivity contribution >= 4 is 28.1 Å². The minimum atomic E-state index is -0.625. The Morgan fingerprint density at radius 3 is 2.92 bits per heavy atom. The summed E-state index contributed by atoms with van der Waals surface area (Å²) in [5.41, 5.74) is 0.317. The summed E-state index contributed by atoms with van der Waals surface area (Å²) < 4.78 is 27.5. The van der Waals surface area contributed by atoms with Crippen LogP contribution in [-0.2, 0) is 0 Å². The summed E-state index contributed by atoms with van der Waals surface area (Å²) in [5.74, 6) is -1.21. The Hall–Kier alpha value is -0.720. The molecular weight excluding hydrogens is 277 g/mol. The van der Waals surface area contributed by atoms with Crippen molar-refractivity contribution in [3.63, 3.8) is 0 Å². The summed E-state index contributed by atoms with van der Waals surface area (Å²) in [6.45, 7) is 0. The Morgan fingerprint density at radius 2 is 2.17 bits per heavy atom. The van der Waals surface area contributed by atoms with Crippen molar-refractivity contribution in [2.45, 2.75) is 0 Å². The predicted molar refractivity (Wildman–Crippen MR) is 47.8 cm³/mol. The van der Waals surface area contributed by atoms with E-state index in [1.165, 1.54) is 10.7 Å². The van der Waals surface area contributed by atoms with Crippen molar-refractivity contribution in [2.24, 2.45) is 0 Å². The highest BCUT2D eigenvalue weighted by molar-refractivity contribution is 14.1. The predicted octanol–water partition coefficient (Wildman–Crippen LogP) is 2.22. The van der Waals surface area contributed by atoms with Crippen molar-refractivity contribution in [3.8, 4) is 0 Å². The zero-order valence-electron chi connectivity index (χ0n) is 5.76. The van der Waals surface area contributed by atoms with Crippen molar-refractivity contribution in [2.75, 3.05) is 0 Å². The molecule has 0 saturated carbocycles. The molecule has 12 heavy (non-hydrogen) atoms. The van der Waals surface area contributed by atoms with Crippen LogP contribution in [0.3, 0.4) is 0 Å². The van der Waals surface area contributed by atoms with Crippen LogP contribution in [0.2, 0.25) is 0 Å². The number of nitrogens with zero attached hydrogens (tertiary/aromatic N) is 2. The third-order valence-electron chi connectivity index (χ3n) is 1.49. The fourth-order valence-electron chi connectivity index (χ4n) is 1.01. The van der Waals surface area contributed by atoms with Crippen LogP contribution in [0.4, 0.5) is 8.78 Å². The molecule has 0 aliphatic rings. The Balaban J connectivity index is 2.93. The molecule has 0 aromatic carbocycles. The summed E-state index contributed by atoms with van der Waals surface area (Å²) in [7, 11) is 0. The first-order valence-electron chi connectivity index (χ1n) is 3.16. The van der Waals surface area contributed by atoms with Gasteiger partial charge in [-0.1, -0.05) is 0 Å². The van der Waals surface area contributed by atoms with Gasteiger partial charge in [-0.15, -0.1) is 0 Å². The molecule has 2 heterocycles. The molecule has 2 nitrogen and oxygen atoms in total.